The summed E-state index contributed by atoms with van der Waals surface area (Å²) in [5.41, 5.74) is -0.618. The van der Waals surface area contributed by atoms with Crippen LogP contribution in [0.2, 0.25) is 0 Å². The van der Waals surface area contributed by atoms with Gasteiger partial charge in [0.05, 0.1) is 24.0 Å². The van der Waals surface area contributed by atoms with E-state index in [9.17, 15) is 18.7 Å². The van der Waals surface area contributed by atoms with Crippen LogP contribution in [0, 0.1) is 0 Å². The van der Waals surface area contributed by atoms with Crippen molar-refractivity contribution in [1.29, 1.82) is 0 Å². The van der Waals surface area contributed by atoms with Crippen molar-refractivity contribution in [2.24, 2.45) is 0 Å². The molecule has 1 aliphatic rings. The van der Waals surface area contributed by atoms with Gasteiger partial charge in [0.25, 0.3) is 0 Å². The molecule has 1 fully saturated rings. The summed E-state index contributed by atoms with van der Waals surface area (Å²) in [5, 5.41) is -0.710. The van der Waals surface area contributed by atoms with Crippen molar-refractivity contribution in [3.63, 3.8) is 0 Å². The molecule has 1 heterocycles. The smallest absolute Gasteiger partial charge is 0.410 e. The Hall–Kier alpha value is -0.990. The van der Waals surface area contributed by atoms with E-state index in [0.29, 0.717) is 0 Å². The topological polar surface area (TPSA) is 96.3 Å². The molecule has 7 nitrogen and oxygen atoms in total. The third-order valence-electron chi connectivity index (χ3n) is 2.97. The van der Waals surface area contributed by atoms with Crippen LogP contribution in [-0.2, 0) is 14.3 Å². The quantitative estimate of drug-likeness (QED) is 0.774. The van der Waals surface area contributed by atoms with Gasteiger partial charge in [0.2, 0.25) is 0 Å². The van der Waals surface area contributed by atoms with E-state index < -0.39 is 33.5 Å². The van der Waals surface area contributed by atoms with Gasteiger partial charge in [0, 0.05) is 13.1 Å². The van der Waals surface area contributed by atoms with Crippen LogP contribution in [0.25, 0.3) is 0 Å². The van der Waals surface area contributed by atoms with E-state index in [1.54, 1.807) is 27.7 Å². The molecule has 0 aromatic carbocycles. The summed E-state index contributed by atoms with van der Waals surface area (Å²) >= 11 is 0. The fourth-order valence-electron chi connectivity index (χ4n) is 1.96. The van der Waals surface area contributed by atoms with Crippen LogP contribution in [-0.4, -0.2) is 62.4 Å². The van der Waals surface area contributed by atoms with E-state index in [-0.39, 0.29) is 31.9 Å². The average molecular weight is 323 g/mol. The molecule has 0 spiro atoms. The SMILES string of the molecule is CCOC(=O)CC1CN(C(=O)OC(C)(C)C)CCS1(O)O. The maximum Gasteiger partial charge on any atom is 0.410 e. The van der Waals surface area contributed by atoms with E-state index in [1.165, 1.54) is 4.90 Å². The van der Waals surface area contributed by atoms with Crippen LogP contribution in [0.5, 0.6) is 0 Å². The summed E-state index contributed by atoms with van der Waals surface area (Å²) in [5.74, 6) is -0.440. The van der Waals surface area contributed by atoms with E-state index in [0.717, 1.165) is 0 Å². The molecule has 1 atom stereocenters. The first-order valence-electron chi connectivity index (χ1n) is 6.93. The summed E-state index contributed by atoms with van der Waals surface area (Å²) in [6.45, 7) is 7.49. The van der Waals surface area contributed by atoms with Gasteiger partial charge < -0.3 is 14.4 Å². The lowest BCUT2D eigenvalue weighted by Gasteiger charge is -2.47. The zero-order valence-corrected chi connectivity index (χ0v) is 13.8. The van der Waals surface area contributed by atoms with E-state index in [2.05, 4.69) is 0 Å². The van der Waals surface area contributed by atoms with Crippen molar-refractivity contribution in [3.05, 3.63) is 0 Å². The number of hydrogen-bond acceptors (Lipinski definition) is 6. The van der Waals surface area contributed by atoms with Gasteiger partial charge in [-0.05, 0) is 27.7 Å². The summed E-state index contributed by atoms with van der Waals surface area (Å²) in [6, 6.07) is 0. The summed E-state index contributed by atoms with van der Waals surface area (Å²) < 4.78 is 30.2. The van der Waals surface area contributed by atoms with E-state index in [1.807, 2.05) is 0 Å². The minimum absolute atomic E-state index is 0.0519. The maximum atomic E-state index is 12.0. The molecule has 1 unspecified atom stereocenters. The molecule has 1 saturated heterocycles. The molecule has 2 N–H and O–H groups in total. The molecular formula is C13H25NO6S. The summed E-state index contributed by atoms with van der Waals surface area (Å²) in [7, 11) is -2.90. The van der Waals surface area contributed by atoms with Crippen molar-refractivity contribution in [2.75, 3.05) is 25.4 Å². The molecule has 0 radical (unpaired) electrons. The normalized spacial score (nSPS) is 23.3. The van der Waals surface area contributed by atoms with Crippen molar-refractivity contribution in [1.82, 2.24) is 4.90 Å². The van der Waals surface area contributed by atoms with Crippen LogP contribution in [0.1, 0.15) is 34.1 Å². The van der Waals surface area contributed by atoms with Gasteiger partial charge >= 0.3 is 12.1 Å². The Morgan fingerprint density at radius 3 is 2.48 bits per heavy atom. The highest BCUT2D eigenvalue weighted by Crippen LogP contribution is 2.48. The van der Waals surface area contributed by atoms with E-state index in [4.69, 9.17) is 9.47 Å². The minimum atomic E-state index is -2.90. The number of rotatable bonds is 3. The van der Waals surface area contributed by atoms with Gasteiger partial charge in [0.15, 0.2) is 0 Å². The first-order chi connectivity index (χ1) is 9.55. The average Bonchev–Trinajstić information content (AvgIpc) is 2.29. The number of hydrogen-bond donors (Lipinski definition) is 2. The second-order valence-corrected chi connectivity index (χ2v) is 8.49. The largest absolute Gasteiger partial charge is 0.466 e. The molecule has 0 saturated carbocycles. The fraction of sp³-hybridized carbons (Fsp3) is 0.846. The lowest BCUT2D eigenvalue weighted by Crippen LogP contribution is -2.49. The first-order valence-corrected chi connectivity index (χ1v) is 8.71. The summed E-state index contributed by atoms with van der Waals surface area (Å²) in [6.07, 6.45) is -0.624. The number of amides is 1. The molecule has 0 aromatic heterocycles. The second-order valence-electron chi connectivity index (χ2n) is 5.98. The minimum Gasteiger partial charge on any atom is -0.466 e. The van der Waals surface area contributed by atoms with Crippen molar-refractivity contribution in [3.8, 4) is 0 Å². The third-order valence-corrected chi connectivity index (χ3v) is 5.14. The molecule has 8 heteroatoms. The third kappa shape index (κ3) is 5.72. The Morgan fingerprint density at radius 2 is 1.95 bits per heavy atom. The highest BCUT2D eigenvalue weighted by molar-refractivity contribution is 8.24. The van der Waals surface area contributed by atoms with Crippen LogP contribution >= 0.6 is 10.6 Å². The molecular weight excluding hydrogens is 298 g/mol. The Balaban J connectivity index is 2.69. The van der Waals surface area contributed by atoms with Crippen molar-refractivity contribution < 1.29 is 28.2 Å². The Bertz CT molecular complexity index is 393. The molecule has 0 bridgehead atoms. The lowest BCUT2D eigenvalue weighted by molar-refractivity contribution is -0.143. The number of ether oxygens (including phenoxy) is 2. The van der Waals surface area contributed by atoms with Gasteiger partial charge in [0.1, 0.15) is 5.60 Å². The number of carbonyl (C=O) groups is 2. The molecule has 1 rings (SSSR count). The highest BCUT2D eigenvalue weighted by atomic mass is 32.3. The predicted molar refractivity (Wildman–Crippen MR) is 80.6 cm³/mol. The molecule has 0 aromatic rings. The Kier molecular flexibility index (Phi) is 5.89. The van der Waals surface area contributed by atoms with Gasteiger partial charge in [-0.1, -0.05) is 0 Å². The zero-order chi connectivity index (χ0) is 16.3. The second kappa shape index (κ2) is 6.85. The monoisotopic (exact) mass is 323 g/mol. The Labute approximate surface area is 126 Å². The highest BCUT2D eigenvalue weighted by Gasteiger charge is 2.38. The number of carbonyl (C=O) groups excluding carboxylic acids is 2. The van der Waals surface area contributed by atoms with Crippen LogP contribution < -0.4 is 0 Å². The van der Waals surface area contributed by atoms with Crippen molar-refractivity contribution >= 4 is 22.7 Å². The maximum absolute atomic E-state index is 12.0. The standard InChI is InChI=1S/C13H25NO6S/c1-5-19-11(15)8-10-9-14(6-7-21(10,17)18)12(16)20-13(2,3)4/h10,17-18H,5-9H2,1-4H3. The van der Waals surface area contributed by atoms with Crippen LogP contribution in [0.15, 0.2) is 0 Å². The van der Waals surface area contributed by atoms with Gasteiger partial charge in [-0.3, -0.25) is 13.9 Å². The van der Waals surface area contributed by atoms with E-state index >= 15 is 0 Å². The first kappa shape index (κ1) is 18.1. The van der Waals surface area contributed by atoms with Gasteiger partial charge in [-0.2, -0.15) is 10.6 Å². The Morgan fingerprint density at radius 1 is 1.33 bits per heavy atom. The molecule has 21 heavy (non-hydrogen) atoms. The summed E-state index contributed by atoms with van der Waals surface area (Å²) in [4.78, 5) is 25.0. The number of esters is 1. The number of nitrogens with zero attached hydrogens (tertiary/aromatic N) is 1. The fourth-order valence-corrected chi connectivity index (χ4v) is 3.61. The molecule has 0 aliphatic carbocycles. The van der Waals surface area contributed by atoms with Gasteiger partial charge in [-0.15, -0.1) is 0 Å². The zero-order valence-electron chi connectivity index (χ0n) is 13.0. The predicted octanol–water partition coefficient (Wildman–Crippen LogP) is 2.31. The molecule has 124 valence electrons. The van der Waals surface area contributed by atoms with Crippen LogP contribution in [0.3, 0.4) is 0 Å². The molecule has 1 amide bonds. The molecule has 1 aliphatic heterocycles. The van der Waals surface area contributed by atoms with Crippen molar-refractivity contribution in [2.45, 2.75) is 45.0 Å². The lowest BCUT2D eigenvalue weighted by atomic mass is 10.2. The van der Waals surface area contributed by atoms with Crippen LogP contribution in [0.4, 0.5) is 4.79 Å². The van der Waals surface area contributed by atoms with Gasteiger partial charge in [-0.25, -0.2) is 4.79 Å².